The monoisotopic (exact) mass is 353 g/mol. The lowest BCUT2D eigenvalue weighted by molar-refractivity contribution is -0.146. The lowest BCUT2D eigenvalue weighted by atomic mass is 9.55. The highest BCUT2D eigenvalue weighted by Crippen LogP contribution is 2.53. The molecule has 2 fully saturated rings. The van der Waals surface area contributed by atoms with E-state index in [-0.39, 0.29) is 17.5 Å². The minimum absolute atomic E-state index is 0.126. The van der Waals surface area contributed by atoms with Crippen LogP contribution in [0.1, 0.15) is 45.4 Å². The number of amides is 2. The summed E-state index contributed by atoms with van der Waals surface area (Å²) in [5.74, 6) is 0. The van der Waals surface area contributed by atoms with E-state index in [1.165, 1.54) is 19.3 Å². The summed E-state index contributed by atoms with van der Waals surface area (Å²) >= 11 is 0. The molecule has 4 rings (SSSR count). The van der Waals surface area contributed by atoms with Crippen LogP contribution in [0.2, 0.25) is 0 Å². The van der Waals surface area contributed by atoms with Crippen LogP contribution in [-0.2, 0) is 4.74 Å². The van der Waals surface area contributed by atoms with Gasteiger partial charge in [-0.05, 0) is 38.3 Å². The maximum atomic E-state index is 12.7. The molecule has 0 aliphatic heterocycles. The van der Waals surface area contributed by atoms with Crippen LogP contribution in [0.3, 0.4) is 0 Å². The van der Waals surface area contributed by atoms with Crippen molar-refractivity contribution in [3.05, 3.63) is 36.7 Å². The summed E-state index contributed by atoms with van der Waals surface area (Å²) < 4.78 is 5.98. The van der Waals surface area contributed by atoms with Crippen LogP contribution >= 0.6 is 0 Å². The summed E-state index contributed by atoms with van der Waals surface area (Å²) in [7, 11) is 0. The van der Waals surface area contributed by atoms with Gasteiger partial charge in [0, 0.05) is 41.2 Å². The van der Waals surface area contributed by atoms with Crippen molar-refractivity contribution in [3.8, 4) is 0 Å². The molecule has 138 valence electrons. The van der Waals surface area contributed by atoms with Crippen LogP contribution in [0.15, 0.2) is 36.7 Å². The summed E-state index contributed by atoms with van der Waals surface area (Å²) in [6, 6.07) is 7.89. The van der Waals surface area contributed by atoms with Crippen molar-refractivity contribution in [2.45, 2.75) is 57.6 Å². The second-order valence-electron chi connectivity index (χ2n) is 7.53. The molecule has 1 spiro atoms. The summed E-state index contributed by atoms with van der Waals surface area (Å²) in [6.07, 6.45) is 10.9. The van der Waals surface area contributed by atoms with E-state index in [0.29, 0.717) is 6.10 Å². The maximum Gasteiger partial charge on any atom is 0.319 e. The van der Waals surface area contributed by atoms with Gasteiger partial charge in [0.25, 0.3) is 0 Å². The van der Waals surface area contributed by atoms with Crippen LogP contribution in [0, 0.1) is 5.41 Å². The molecule has 0 bridgehead atoms. The highest BCUT2D eigenvalue weighted by Gasteiger charge is 2.56. The standard InChI is InChI=1S/C21H27N3O2/c1-2-26-19-13-18(21(19)10-4-3-5-11-21)24-20(25)23-17-8-6-7-15-14-22-12-9-16(15)17/h6-9,12,14,18-19H,2-5,10-11,13H2,1H3,(H2,23,24,25)/t18-,19-/m0/s1. The fourth-order valence-corrected chi connectivity index (χ4v) is 4.81. The molecule has 2 atom stereocenters. The number of hydrogen-bond acceptors (Lipinski definition) is 3. The lowest BCUT2D eigenvalue weighted by Gasteiger charge is -2.57. The van der Waals surface area contributed by atoms with Crippen LogP contribution in [0.4, 0.5) is 10.5 Å². The Morgan fingerprint density at radius 1 is 1.27 bits per heavy atom. The molecule has 5 nitrogen and oxygen atoms in total. The SMILES string of the molecule is CCO[C@H]1C[C@H](NC(=O)Nc2cccc3cnccc23)C12CCCCC2. The number of pyridine rings is 1. The predicted octanol–water partition coefficient (Wildman–Crippen LogP) is 4.48. The zero-order chi connectivity index (χ0) is 18.0. The molecular formula is C21H27N3O2. The van der Waals surface area contributed by atoms with Gasteiger partial charge in [0.1, 0.15) is 0 Å². The number of aromatic nitrogens is 1. The van der Waals surface area contributed by atoms with Crippen LogP contribution in [0.5, 0.6) is 0 Å². The number of nitrogens with one attached hydrogen (secondary N) is 2. The second kappa shape index (κ2) is 7.23. The van der Waals surface area contributed by atoms with Gasteiger partial charge < -0.3 is 15.4 Å². The van der Waals surface area contributed by atoms with Gasteiger partial charge in [-0.3, -0.25) is 4.98 Å². The number of nitrogens with zero attached hydrogens (tertiary/aromatic N) is 1. The Morgan fingerprint density at radius 3 is 2.92 bits per heavy atom. The van der Waals surface area contributed by atoms with Gasteiger partial charge in [-0.1, -0.05) is 31.4 Å². The van der Waals surface area contributed by atoms with Gasteiger partial charge in [-0.15, -0.1) is 0 Å². The van der Waals surface area contributed by atoms with Crippen molar-refractivity contribution in [1.29, 1.82) is 0 Å². The van der Waals surface area contributed by atoms with Gasteiger partial charge in [0.15, 0.2) is 0 Å². The molecule has 0 unspecified atom stereocenters. The van der Waals surface area contributed by atoms with E-state index in [1.54, 1.807) is 6.20 Å². The minimum atomic E-state index is -0.126. The molecule has 2 N–H and O–H groups in total. The fourth-order valence-electron chi connectivity index (χ4n) is 4.81. The first kappa shape index (κ1) is 17.3. The fraction of sp³-hybridized carbons (Fsp3) is 0.524. The first-order chi connectivity index (χ1) is 12.7. The third kappa shape index (κ3) is 3.05. The minimum Gasteiger partial charge on any atom is -0.378 e. The molecule has 2 saturated carbocycles. The highest BCUT2D eigenvalue weighted by atomic mass is 16.5. The van der Waals surface area contributed by atoms with Gasteiger partial charge in [0.05, 0.1) is 11.8 Å². The van der Waals surface area contributed by atoms with E-state index in [1.807, 2.05) is 30.5 Å². The van der Waals surface area contributed by atoms with Gasteiger partial charge in [-0.2, -0.15) is 0 Å². The van der Waals surface area contributed by atoms with Crippen molar-refractivity contribution in [2.75, 3.05) is 11.9 Å². The van der Waals surface area contributed by atoms with E-state index >= 15 is 0 Å². The average Bonchev–Trinajstić information content (AvgIpc) is 2.68. The molecule has 26 heavy (non-hydrogen) atoms. The third-order valence-corrected chi connectivity index (χ3v) is 6.17. The van der Waals surface area contributed by atoms with E-state index in [4.69, 9.17) is 4.74 Å². The predicted molar refractivity (Wildman–Crippen MR) is 103 cm³/mol. The van der Waals surface area contributed by atoms with E-state index in [2.05, 4.69) is 22.5 Å². The number of anilines is 1. The number of fused-ring (bicyclic) bond motifs is 1. The van der Waals surface area contributed by atoms with Crippen molar-refractivity contribution in [3.63, 3.8) is 0 Å². The van der Waals surface area contributed by atoms with E-state index in [0.717, 1.165) is 42.3 Å². The van der Waals surface area contributed by atoms with Crippen molar-refractivity contribution in [1.82, 2.24) is 10.3 Å². The Labute approximate surface area is 154 Å². The Morgan fingerprint density at radius 2 is 2.12 bits per heavy atom. The topological polar surface area (TPSA) is 63.2 Å². The Bertz CT molecular complexity index is 780. The second-order valence-corrected chi connectivity index (χ2v) is 7.53. The molecule has 2 amide bonds. The number of urea groups is 1. The summed E-state index contributed by atoms with van der Waals surface area (Å²) in [4.78, 5) is 16.8. The summed E-state index contributed by atoms with van der Waals surface area (Å²) in [6.45, 7) is 2.80. The third-order valence-electron chi connectivity index (χ3n) is 6.17. The van der Waals surface area contributed by atoms with E-state index in [9.17, 15) is 4.79 Å². The van der Waals surface area contributed by atoms with Gasteiger partial charge in [-0.25, -0.2) is 4.79 Å². The van der Waals surface area contributed by atoms with Crippen molar-refractivity contribution < 1.29 is 9.53 Å². The zero-order valence-electron chi connectivity index (χ0n) is 15.3. The number of carbonyl (C=O) groups is 1. The quantitative estimate of drug-likeness (QED) is 0.851. The summed E-state index contributed by atoms with van der Waals surface area (Å²) in [5.41, 5.74) is 0.953. The molecule has 1 heterocycles. The molecule has 0 radical (unpaired) electrons. The molecule has 5 heteroatoms. The molecule has 2 aliphatic carbocycles. The van der Waals surface area contributed by atoms with Crippen molar-refractivity contribution in [2.24, 2.45) is 5.41 Å². The largest absolute Gasteiger partial charge is 0.378 e. The summed E-state index contributed by atoms with van der Waals surface area (Å²) in [5, 5.41) is 8.29. The molecule has 0 saturated heterocycles. The van der Waals surface area contributed by atoms with E-state index < -0.39 is 0 Å². The maximum absolute atomic E-state index is 12.7. The normalized spacial score (nSPS) is 24.2. The Kier molecular flexibility index (Phi) is 4.81. The Balaban J connectivity index is 1.46. The number of ether oxygens (including phenoxy) is 1. The first-order valence-electron chi connectivity index (χ1n) is 9.75. The van der Waals surface area contributed by atoms with Gasteiger partial charge >= 0.3 is 6.03 Å². The highest BCUT2D eigenvalue weighted by molar-refractivity contribution is 6.01. The molecule has 1 aromatic carbocycles. The number of hydrogen-bond donors (Lipinski definition) is 2. The smallest absolute Gasteiger partial charge is 0.319 e. The van der Waals surface area contributed by atoms with Crippen molar-refractivity contribution >= 4 is 22.5 Å². The number of carbonyl (C=O) groups excluding carboxylic acids is 1. The molecule has 1 aromatic heterocycles. The van der Waals surface area contributed by atoms with Gasteiger partial charge in [0.2, 0.25) is 0 Å². The molecular weight excluding hydrogens is 326 g/mol. The lowest BCUT2D eigenvalue weighted by Crippen LogP contribution is -2.65. The average molecular weight is 353 g/mol. The molecule has 2 aliphatic rings. The van der Waals surface area contributed by atoms with Crippen LogP contribution < -0.4 is 10.6 Å². The van der Waals surface area contributed by atoms with Crippen LogP contribution in [0.25, 0.3) is 10.8 Å². The van der Waals surface area contributed by atoms with Crippen LogP contribution in [-0.4, -0.2) is 29.8 Å². The number of benzene rings is 1. The number of rotatable bonds is 4. The molecule has 2 aromatic rings. The zero-order valence-corrected chi connectivity index (χ0v) is 15.3. The Hall–Kier alpha value is -2.14. The first-order valence-corrected chi connectivity index (χ1v) is 9.75.